The molecule has 3 aliphatic rings. The highest BCUT2D eigenvalue weighted by Crippen LogP contribution is 2.42. The van der Waals surface area contributed by atoms with Crippen molar-refractivity contribution in [2.45, 2.75) is 58.1 Å². The van der Waals surface area contributed by atoms with Crippen molar-refractivity contribution in [2.24, 2.45) is 13.0 Å². The number of piperidine rings is 1. The monoisotopic (exact) mass is 540 g/mol. The van der Waals surface area contributed by atoms with Gasteiger partial charge < -0.3 is 19.3 Å². The van der Waals surface area contributed by atoms with Crippen LogP contribution in [0.2, 0.25) is 0 Å². The van der Waals surface area contributed by atoms with E-state index in [9.17, 15) is 14.9 Å². The number of nitro groups is 1. The van der Waals surface area contributed by atoms with E-state index in [1.165, 1.54) is 0 Å². The largest absolute Gasteiger partial charge is 0.486 e. The number of carbonyl (C=O) groups is 1. The van der Waals surface area contributed by atoms with Gasteiger partial charge in [0.05, 0.1) is 17.7 Å². The highest BCUT2D eigenvalue weighted by Gasteiger charge is 2.32. The molecule has 11 nitrogen and oxygen atoms in total. The lowest BCUT2D eigenvalue weighted by molar-refractivity contribution is -0.385. The zero-order valence-electron chi connectivity index (χ0n) is 23.5. The van der Waals surface area contributed by atoms with Crippen LogP contribution in [0.4, 0.5) is 16.2 Å². The number of aromatic nitrogens is 2. The van der Waals surface area contributed by atoms with Crippen LogP contribution in [0.5, 0.6) is 5.75 Å². The van der Waals surface area contributed by atoms with E-state index in [4.69, 9.17) is 9.47 Å². The number of carbonyl (C=O) groups excluding carboxylic acids is 1. The molecule has 0 atom stereocenters. The number of hydrogen-bond donors (Lipinski definition) is 0. The lowest BCUT2D eigenvalue weighted by atomic mass is 9.98. The molecule has 1 amide bonds. The van der Waals surface area contributed by atoms with E-state index in [1.54, 1.807) is 21.8 Å². The van der Waals surface area contributed by atoms with E-state index in [0.29, 0.717) is 37.4 Å². The van der Waals surface area contributed by atoms with Gasteiger partial charge in [0.25, 0.3) is 0 Å². The van der Waals surface area contributed by atoms with E-state index < -0.39 is 5.60 Å². The van der Waals surface area contributed by atoms with Crippen molar-refractivity contribution in [3.05, 3.63) is 34.6 Å². The van der Waals surface area contributed by atoms with Crippen LogP contribution in [0.25, 0.3) is 11.1 Å². The van der Waals surface area contributed by atoms with Crippen LogP contribution >= 0.6 is 0 Å². The Bertz CT molecular complexity index is 1190. The molecule has 2 saturated heterocycles. The maximum Gasteiger partial charge on any atom is 0.410 e. The molecule has 5 rings (SSSR count). The molecule has 0 bridgehead atoms. The zero-order chi connectivity index (χ0) is 27.7. The minimum atomic E-state index is -0.490. The first kappa shape index (κ1) is 27.2. The lowest BCUT2D eigenvalue weighted by Gasteiger charge is -2.43. The van der Waals surface area contributed by atoms with Gasteiger partial charge in [-0.1, -0.05) is 0 Å². The Hall–Kier alpha value is -3.34. The molecule has 0 N–H and O–H groups in total. The van der Waals surface area contributed by atoms with Crippen LogP contribution in [0.3, 0.4) is 0 Å². The number of anilines is 1. The second-order valence-electron chi connectivity index (χ2n) is 12.0. The zero-order valence-corrected chi connectivity index (χ0v) is 23.5. The Morgan fingerprint density at radius 2 is 1.77 bits per heavy atom. The summed E-state index contributed by atoms with van der Waals surface area (Å²) in [6.45, 7) is 10.9. The van der Waals surface area contributed by atoms with Gasteiger partial charge in [0.1, 0.15) is 5.60 Å². The van der Waals surface area contributed by atoms with Crippen molar-refractivity contribution in [1.82, 2.24) is 19.6 Å². The predicted octanol–water partition coefficient (Wildman–Crippen LogP) is 4.31. The molecule has 1 aromatic carbocycles. The number of amides is 1. The molecule has 1 aromatic heterocycles. The first-order valence-electron chi connectivity index (χ1n) is 14.0. The summed E-state index contributed by atoms with van der Waals surface area (Å²) in [7, 11) is 1.85. The molecule has 0 spiro atoms. The van der Waals surface area contributed by atoms with Gasteiger partial charge in [-0.2, -0.15) is 5.10 Å². The molecule has 0 unspecified atom stereocenters. The Balaban J connectivity index is 1.28. The number of nitrogens with zero attached hydrogens (tertiary/aromatic N) is 6. The minimum absolute atomic E-state index is 0.00371. The molecule has 1 saturated carbocycles. The van der Waals surface area contributed by atoms with E-state index in [-0.39, 0.29) is 16.7 Å². The number of piperazine rings is 1. The molecule has 2 aliphatic heterocycles. The number of benzene rings is 1. The summed E-state index contributed by atoms with van der Waals surface area (Å²) in [6.07, 6.45) is 7.61. The van der Waals surface area contributed by atoms with Gasteiger partial charge in [-0.15, -0.1) is 0 Å². The van der Waals surface area contributed by atoms with Crippen LogP contribution in [0.1, 0.15) is 46.5 Å². The van der Waals surface area contributed by atoms with Crippen molar-refractivity contribution < 1.29 is 19.2 Å². The standard InChI is InChI=1S/C28H40N6O5/c1-28(2,3)39-27(35)33-13-11-31(12-14-33)22-7-9-32(10-8-22)24-16-26(38-19-20-5-6-20)25(34(36)37)15-23(24)21-17-29-30(4)18-21/h15-18,20,22H,5-14,19H2,1-4H3. The Morgan fingerprint density at radius 3 is 2.33 bits per heavy atom. The highest BCUT2D eigenvalue weighted by atomic mass is 16.6. The second-order valence-corrected chi connectivity index (χ2v) is 12.0. The van der Waals surface area contributed by atoms with Gasteiger partial charge in [0, 0.05) is 87.5 Å². The second kappa shape index (κ2) is 11.0. The summed E-state index contributed by atoms with van der Waals surface area (Å²) >= 11 is 0. The summed E-state index contributed by atoms with van der Waals surface area (Å²) in [5.41, 5.74) is 2.11. The van der Waals surface area contributed by atoms with Crippen LogP contribution in [0.15, 0.2) is 24.5 Å². The number of nitro benzene ring substituents is 1. The predicted molar refractivity (Wildman–Crippen MR) is 148 cm³/mol. The lowest BCUT2D eigenvalue weighted by Crippen LogP contribution is -2.55. The quantitative estimate of drug-likeness (QED) is 0.378. The smallest absolute Gasteiger partial charge is 0.410 e. The fourth-order valence-corrected chi connectivity index (χ4v) is 5.43. The van der Waals surface area contributed by atoms with Crippen molar-refractivity contribution in [1.29, 1.82) is 0 Å². The fourth-order valence-electron chi connectivity index (χ4n) is 5.43. The molecule has 212 valence electrons. The molecular weight excluding hydrogens is 500 g/mol. The molecule has 3 fully saturated rings. The SMILES string of the molecule is Cn1cc(-c2cc([N+](=O)[O-])c(OCC3CC3)cc2N2CCC(N3CCN(C(=O)OC(C)(C)C)CC3)CC2)cn1. The number of ether oxygens (including phenoxy) is 2. The van der Waals surface area contributed by atoms with E-state index in [1.807, 2.05) is 40.1 Å². The van der Waals surface area contributed by atoms with E-state index in [0.717, 1.165) is 68.7 Å². The van der Waals surface area contributed by atoms with Gasteiger partial charge in [-0.25, -0.2) is 4.79 Å². The fraction of sp³-hybridized carbons (Fsp3) is 0.643. The average molecular weight is 541 g/mol. The Kier molecular flexibility index (Phi) is 7.70. The van der Waals surface area contributed by atoms with Gasteiger partial charge in [0.15, 0.2) is 5.75 Å². The van der Waals surface area contributed by atoms with E-state index >= 15 is 0 Å². The summed E-state index contributed by atoms with van der Waals surface area (Å²) in [6, 6.07) is 3.95. The minimum Gasteiger partial charge on any atom is -0.486 e. The van der Waals surface area contributed by atoms with E-state index in [2.05, 4.69) is 14.9 Å². The van der Waals surface area contributed by atoms with Crippen molar-refractivity contribution in [3.63, 3.8) is 0 Å². The van der Waals surface area contributed by atoms with Gasteiger partial charge in [-0.05, 0) is 52.4 Å². The summed E-state index contributed by atoms with van der Waals surface area (Å²) in [5.74, 6) is 0.840. The van der Waals surface area contributed by atoms with Gasteiger partial charge in [-0.3, -0.25) is 19.7 Å². The summed E-state index contributed by atoms with van der Waals surface area (Å²) in [5, 5.41) is 16.3. The van der Waals surface area contributed by atoms with Crippen LogP contribution in [-0.2, 0) is 11.8 Å². The summed E-state index contributed by atoms with van der Waals surface area (Å²) in [4.78, 5) is 30.7. The van der Waals surface area contributed by atoms with Crippen LogP contribution in [0, 0.1) is 16.0 Å². The van der Waals surface area contributed by atoms with Crippen molar-refractivity contribution >= 4 is 17.5 Å². The first-order valence-corrected chi connectivity index (χ1v) is 14.0. The maximum atomic E-state index is 12.4. The van der Waals surface area contributed by atoms with Crippen LogP contribution in [-0.4, -0.2) is 88.1 Å². The molecule has 39 heavy (non-hydrogen) atoms. The Labute approximate surface area is 229 Å². The number of rotatable bonds is 7. The van der Waals surface area contributed by atoms with Crippen LogP contribution < -0.4 is 9.64 Å². The molecule has 0 radical (unpaired) electrons. The van der Waals surface area contributed by atoms with Gasteiger partial charge >= 0.3 is 11.8 Å². The van der Waals surface area contributed by atoms with Crippen molar-refractivity contribution in [2.75, 3.05) is 50.8 Å². The highest BCUT2D eigenvalue weighted by molar-refractivity contribution is 5.82. The maximum absolute atomic E-state index is 12.4. The van der Waals surface area contributed by atoms with Gasteiger partial charge in [0.2, 0.25) is 0 Å². The normalized spacial score (nSPS) is 19.3. The number of hydrogen-bond acceptors (Lipinski definition) is 8. The first-order chi connectivity index (χ1) is 18.6. The number of aryl methyl sites for hydroxylation is 1. The third kappa shape index (κ3) is 6.63. The average Bonchev–Trinajstić information content (AvgIpc) is 3.64. The third-order valence-corrected chi connectivity index (χ3v) is 7.75. The molecule has 11 heteroatoms. The topological polar surface area (TPSA) is 106 Å². The Morgan fingerprint density at radius 1 is 1.08 bits per heavy atom. The summed E-state index contributed by atoms with van der Waals surface area (Å²) < 4.78 is 13.2. The van der Waals surface area contributed by atoms with Crippen molar-refractivity contribution in [3.8, 4) is 16.9 Å². The molecular formula is C28H40N6O5. The molecule has 2 aromatic rings. The third-order valence-electron chi connectivity index (χ3n) is 7.75. The molecule has 1 aliphatic carbocycles. The molecule has 3 heterocycles.